The van der Waals surface area contributed by atoms with Gasteiger partial charge in [0.2, 0.25) is 0 Å². The second-order valence-corrected chi connectivity index (χ2v) is 7.48. The fourth-order valence-corrected chi connectivity index (χ4v) is 3.86. The Kier molecular flexibility index (Phi) is 3.76. The minimum atomic E-state index is -0.935. The van der Waals surface area contributed by atoms with E-state index in [1.54, 1.807) is 12.3 Å². The summed E-state index contributed by atoms with van der Waals surface area (Å²) in [6, 6.07) is 2.05. The lowest BCUT2D eigenvalue weighted by molar-refractivity contribution is 0.0697. The molecular formula is C16H24N2O2. The van der Waals surface area contributed by atoms with Gasteiger partial charge in [0, 0.05) is 18.4 Å². The van der Waals surface area contributed by atoms with E-state index in [1.807, 2.05) is 0 Å². The molecule has 1 aliphatic carbocycles. The highest BCUT2D eigenvalue weighted by molar-refractivity contribution is 5.93. The van der Waals surface area contributed by atoms with Crippen molar-refractivity contribution in [2.24, 2.45) is 10.8 Å². The number of hydrogen-bond donors (Lipinski definition) is 2. The van der Waals surface area contributed by atoms with Gasteiger partial charge in [-0.15, -0.1) is 0 Å². The number of carboxylic acid groups (broad SMARTS) is 1. The molecule has 0 unspecified atom stereocenters. The smallest absolute Gasteiger partial charge is 0.339 e. The van der Waals surface area contributed by atoms with Gasteiger partial charge in [0.1, 0.15) is 5.56 Å². The summed E-state index contributed by atoms with van der Waals surface area (Å²) in [5.74, 6) is -0.935. The fourth-order valence-electron chi connectivity index (χ4n) is 3.86. The minimum Gasteiger partial charge on any atom is -0.478 e. The van der Waals surface area contributed by atoms with Gasteiger partial charge in [0.25, 0.3) is 0 Å². The van der Waals surface area contributed by atoms with Crippen LogP contribution < -0.4 is 5.32 Å². The summed E-state index contributed by atoms with van der Waals surface area (Å²) in [6.07, 6.45) is 6.34. The molecule has 1 aliphatic rings. The Labute approximate surface area is 120 Å². The lowest BCUT2D eigenvalue weighted by atomic mass is 9.63. The molecule has 0 aromatic carbocycles. The van der Waals surface area contributed by atoms with Crippen LogP contribution in [0.2, 0.25) is 0 Å². The van der Waals surface area contributed by atoms with Crippen LogP contribution in [0, 0.1) is 10.8 Å². The fraction of sp³-hybridized carbons (Fsp3) is 0.625. The molecular weight excluding hydrogens is 252 g/mol. The third kappa shape index (κ3) is 3.50. The average Bonchev–Trinajstić information content (AvgIpc) is 2.24. The number of nitrogens with zero attached hydrogens (tertiary/aromatic N) is 1. The van der Waals surface area contributed by atoms with E-state index in [2.05, 4.69) is 38.0 Å². The van der Waals surface area contributed by atoms with Gasteiger partial charge >= 0.3 is 5.97 Å². The zero-order valence-electron chi connectivity index (χ0n) is 12.7. The maximum absolute atomic E-state index is 11.2. The summed E-state index contributed by atoms with van der Waals surface area (Å²) in [6.45, 7) is 9.14. The molecule has 1 saturated carbocycles. The van der Waals surface area contributed by atoms with Gasteiger partial charge in [0.05, 0.1) is 5.69 Å². The Morgan fingerprint density at radius 1 is 1.30 bits per heavy atom. The van der Waals surface area contributed by atoms with Gasteiger partial charge in [-0.1, -0.05) is 27.7 Å². The standard InChI is InChI=1S/C16H24N2O2/c1-15(2)7-11(8-16(3,4)10-15)18-13-5-6-17-9-12(13)14(19)20/h5-6,9,11H,7-8,10H2,1-4H3,(H,17,18)(H,19,20). The van der Waals surface area contributed by atoms with E-state index in [1.165, 1.54) is 12.6 Å². The first-order chi connectivity index (χ1) is 9.19. The Morgan fingerprint density at radius 2 is 1.90 bits per heavy atom. The Morgan fingerprint density at radius 3 is 2.45 bits per heavy atom. The van der Waals surface area contributed by atoms with E-state index >= 15 is 0 Å². The van der Waals surface area contributed by atoms with Crippen molar-refractivity contribution in [3.8, 4) is 0 Å². The Hall–Kier alpha value is -1.58. The number of hydrogen-bond acceptors (Lipinski definition) is 3. The van der Waals surface area contributed by atoms with Crippen molar-refractivity contribution in [2.75, 3.05) is 5.32 Å². The van der Waals surface area contributed by atoms with Crippen LogP contribution in [0.1, 0.15) is 57.3 Å². The van der Waals surface area contributed by atoms with Crippen molar-refractivity contribution in [3.05, 3.63) is 24.0 Å². The largest absolute Gasteiger partial charge is 0.478 e. The molecule has 0 aliphatic heterocycles. The zero-order valence-corrected chi connectivity index (χ0v) is 12.7. The quantitative estimate of drug-likeness (QED) is 0.881. The average molecular weight is 276 g/mol. The molecule has 1 aromatic heterocycles. The first-order valence-corrected chi connectivity index (χ1v) is 7.12. The van der Waals surface area contributed by atoms with Crippen LogP contribution >= 0.6 is 0 Å². The van der Waals surface area contributed by atoms with Gasteiger partial charge in [-0.2, -0.15) is 0 Å². The molecule has 1 heterocycles. The van der Waals surface area contributed by atoms with Crippen LogP contribution in [-0.4, -0.2) is 22.1 Å². The molecule has 0 bridgehead atoms. The maximum atomic E-state index is 11.2. The first kappa shape index (κ1) is 14.8. The number of pyridine rings is 1. The number of carboxylic acids is 1. The summed E-state index contributed by atoms with van der Waals surface area (Å²) < 4.78 is 0. The second-order valence-electron chi connectivity index (χ2n) is 7.48. The minimum absolute atomic E-state index is 0.244. The number of rotatable bonds is 3. The molecule has 0 radical (unpaired) electrons. The number of aromatic nitrogens is 1. The second kappa shape index (κ2) is 5.08. The summed E-state index contributed by atoms with van der Waals surface area (Å²) in [7, 11) is 0. The molecule has 1 aromatic rings. The van der Waals surface area contributed by atoms with Crippen LogP contribution in [0.5, 0.6) is 0 Å². The van der Waals surface area contributed by atoms with Crippen LogP contribution in [0.25, 0.3) is 0 Å². The topological polar surface area (TPSA) is 62.2 Å². The maximum Gasteiger partial charge on any atom is 0.339 e. The number of carbonyl (C=O) groups is 1. The Balaban J connectivity index is 2.20. The molecule has 0 atom stereocenters. The monoisotopic (exact) mass is 276 g/mol. The predicted molar refractivity (Wildman–Crippen MR) is 80.0 cm³/mol. The van der Waals surface area contributed by atoms with E-state index in [9.17, 15) is 9.90 Å². The molecule has 110 valence electrons. The van der Waals surface area contributed by atoms with Crippen molar-refractivity contribution in [1.82, 2.24) is 4.98 Å². The van der Waals surface area contributed by atoms with Crippen molar-refractivity contribution >= 4 is 11.7 Å². The normalized spacial score (nSPS) is 21.4. The van der Waals surface area contributed by atoms with Crippen molar-refractivity contribution in [2.45, 2.75) is 53.0 Å². The molecule has 2 N–H and O–H groups in total. The lowest BCUT2D eigenvalue weighted by Crippen LogP contribution is -2.40. The molecule has 0 amide bonds. The summed E-state index contributed by atoms with van der Waals surface area (Å²) >= 11 is 0. The predicted octanol–water partition coefficient (Wildman–Crippen LogP) is 3.80. The third-order valence-corrected chi connectivity index (χ3v) is 3.97. The van der Waals surface area contributed by atoms with E-state index in [-0.39, 0.29) is 16.4 Å². The molecule has 4 nitrogen and oxygen atoms in total. The molecule has 20 heavy (non-hydrogen) atoms. The third-order valence-electron chi connectivity index (χ3n) is 3.97. The molecule has 0 saturated heterocycles. The number of anilines is 1. The van der Waals surface area contributed by atoms with Gasteiger partial charge in [-0.3, -0.25) is 4.98 Å². The van der Waals surface area contributed by atoms with E-state index in [0.717, 1.165) is 12.8 Å². The molecule has 1 fully saturated rings. The highest BCUT2D eigenvalue weighted by Gasteiger charge is 2.38. The number of aromatic carboxylic acids is 1. The number of nitrogens with one attached hydrogen (secondary N) is 1. The highest BCUT2D eigenvalue weighted by atomic mass is 16.4. The summed E-state index contributed by atoms with van der Waals surface area (Å²) in [4.78, 5) is 15.1. The Bertz CT molecular complexity index is 493. The van der Waals surface area contributed by atoms with Crippen molar-refractivity contribution in [3.63, 3.8) is 0 Å². The van der Waals surface area contributed by atoms with Gasteiger partial charge in [0.15, 0.2) is 0 Å². The zero-order chi connectivity index (χ0) is 15.0. The molecule has 2 rings (SSSR count). The highest BCUT2D eigenvalue weighted by Crippen LogP contribution is 2.46. The van der Waals surface area contributed by atoms with Gasteiger partial charge < -0.3 is 10.4 Å². The lowest BCUT2D eigenvalue weighted by Gasteiger charge is -2.45. The first-order valence-electron chi connectivity index (χ1n) is 7.12. The van der Waals surface area contributed by atoms with E-state index in [4.69, 9.17) is 0 Å². The van der Waals surface area contributed by atoms with Crippen molar-refractivity contribution < 1.29 is 9.90 Å². The van der Waals surface area contributed by atoms with Crippen molar-refractivity contribution in [1.29, 1.82) is 0 Å². The van der Waals surface area contributed by atoms with E-state index in [0.29, 0.717) is 11.7 Å². The molecule has 0 spiro atoms. The van der Waals surface area contributed by atoms with Crippen LogP contribution in [0.15, 0.2) is 18.5 Å². The van der Waals surface area contributed by atoms with E-state index < -0.39 is 5.97 Å². The molecule has 4 heteroatoms. The van der Waals surface area contributed by atoms with Crippen LogP contribution in [-0.2, 0) is 0 Å². The van der Waals surface area contributed by atoms with Crippen LogP contribution in [0.3, 0.4) is 0 Å². The van der Waals surface area contributed by atoms with Gasteiger partial charge in [-0.25, -0.2) is 4.79 Å². The summed E-state index contributed by atoms with van der Waals surface area (Å²) in [5, 5.41) is 12.6. The van der Waals surface area contributed by atoms with Gasteiger partial charge in [-0.05, 0) is 36.2 Å². The van der Waals surface area contributed by atoms with Crippen LogP contribution in [0.4, 0.5) is 5.69 Å². The summed E-state index contributed by atoms with van der Waals surface area (Å²) in [5.41, 5.74) is 1.46. The SMILES string of the molecule is CC1(C)CC(Nc2ccncc2C(=O)O)CC(C)(C)C1.